The molecule has 39 heavy (non-hydrogen) atoms. The van der Waals surface area contributed by atoms with Crippen LogP contribution in [0.15, 0.2) is 35.9 Å². The maximum absolute atomic E-state index is 13.0. The highest BCUT2D eigenvalue weighted by Gasteiger charge is 2.33. The van der Waals surface area contributed by atoms with Gasteiger partial charge in [-0.2, -0.15) is 0 Å². The number of benzene rings is 1. The number of esters is 2. The van der Waals surface area contributed by atoms with Crippen LogP contribution in [-0.2, 0) is 25.5 Å². The molecule has 1 aliphatic carbocycles. The van der Waals surface area contributed by atoms with Crippen LogP contribution in [0, 0.1) is 5.92 Å². The number of hydrogen-bond acceptors (Lipinski definition) is 6. The van der Waals surface area contributed by atoms with E-state index in [1.165, 1.54) is 5.57 Å². The third-order valence-electron chi connectivity index (χ3n) is 8.01. The molecule has 3 aliphatic rings. The highest BCUT2D eigenvalue weighted by Crippen LogP contribution is 2.47. The smallest absolute Gasteiger partial charge is 0.311 e. The minimum atomic E-state index is -0.257. The molecular formula is C33H46O6. The molecule has 2 heterocycles. The maximum Gasteiger partial charge on any atom is 0.311 e. The van der Waals surface area contributed by atoms with E-state index in [0.717, 1.165) is 94.1 Å². The lowest BCUT2D eigenvalue weighted by Gasteiger charge is -2.32. The summed E-state index contributed by atoms with van der Waals surface area (Å²) in [6, 6.07) is 4.00. The highest BCUT2D eigenvalue weighted by atomic mass is 16.6. The predicted octanol–water partition coefficient (Wildman–Crippen LogP) is 7.38. The number of aryl methyl sites for hydroxylation is 1. The molecule has 2 saturated heterocycles. The molecule has 1 aromatic carbocycles. The van der Waals surface area contributed by atoms with Gasteiger partial charge >= 0.3 is 11.9 Å². The summed E-state index contributed by atoms with van der Waals surface area (Å²) in [6.45, 7) is 12.2. The molecule has 0 aromatic heterocycles. The zero-order valence-electron chi connectivity index (χ0n) is 24.1. The molecule has 6 nitrogen and oxygen atoms in total. The van der Waals surface area contributed by atoms with E-state index in [1.54, 1.807) is 0 Å². The summed E-state index contributed by atoms with van der Waals surface area (Å²) in [5.41, 5.74) is 4.19. The lowest BCUT2D eigenvalue weighted by molar-refractivity contribution is -0.135. The standard InChI is InChI=1S/C33H46O6/c1-5-6-7-10-24-18-29(38-31(34)13-8-11-25-20-36-25)33(28-17-23(4)15-16-27(28)22(2)3)30(19-24)39-32(35)14-9-12-26-21-37-26/h17-19,25-28H,2,5-16,20-21H2,1,3-4H3/t25?,26?,27-,28+/m0/s1. The summed E-state index contributed by atoms with van der Waals surface area (Å²) in [5, 5.41) is 0. The molecule has 2 aliphatic heterocycles. The normalized spacial score (nSPS) is 23.6. The molecule has 2 unspecified atom stereocenters. The first-order chi connectivity index (χ1) is 18.8. The number of carbonyl (C=O) groups is 2. The second kappa shape index (κ2) is 14.3. The summed E-state index contributed by atoms with van der Waals surface area (Å²) < 4.78 is 22.8. The van der Waals surface area contributed by atoms with Crippen LogP contribution in [0.4, 0.5) is 0 Å². The van der Waals surface area contributed by atoms with E-state index in [0.29, 0.717) is 36.5 Å². The van der Waals surface area contributed by atoms with E-state index in [1.807, 2.05) is 12.1 Å². The highest BCUT2D eigenvalue weighted by molar-refractivity contribution is 5.76. The largest absolute Gasteiger partial charge is 0.426 e. The van der Waals surface area contributed by atoms with Crippen molar-refractivity contribution in [1.82, 2.24) is 0 Å². The molecule has 4 atom stereocenters. The average Bonchev–Trinajstić information content (AvgIpc) is 3.80. The van der Waals surface area contributed by atoms with E-state index in [4.69, 9.17) is 18.9 Å². The van der Waals surface area contributed by atoms with Crippen LogP contribution in [0.3, 0.4) is 0 Å². The SMILES string of the molecule is C=C(C)[C@@H]1CCC(C)=C[C@H]1c1c(OC(=O)CCCC2CO2)cc(CCCCC)cc1OC(=O)CCCC1CO1. The Balaban J connectivity index is 1.65. The van der Waals surface area contributed by atoms with Gasteiger partial charge in [0.15, 0.2) is 0 Å². The van der Waals surface area contributed by atoms with Crippen molar-refractivity contribution in [2.45, 2.75) is 116 Å². The fraction of sp³-hybridized carbons (Fsp3) is 0.636. The number of allylic oxidation sites excluding steroid dienone is 3. The van der Waals surface area contributed by atoms with Gasteiger partial charge in [0.1, 0.15) is 11.5 Å². The maximum atomic E-state index is 13.0. The van der Waals surface area contributed by atoms with Crippen LogP contribution in [0.25, 0.3) is 0 Å². The molecule has 4 rings (SSSR count). The molecular weight excluding hydrogens is 492 g/mol. The van der Waals surface area contributed by atoms with Crippen LogP contribution in [-0.4, -0.2) is 37.4 Å². The van der Waals surface area contributed by atoms with Crippen molar-refractivity contribution in [2.75, 3.05) is 13.2 Å². The number of rotatable bonds is 16. The van der Waals surface area contributed by atoms with Crippen molar-refractivity contribution in [3.05, 3.63) is 47.1 Å². The van der Waals surface area contributed by atoms with Gasteiger partial charge in [-0.1, -0.05) is 43.6 Å². The monoisotopic (exact) mass is 538 g/mol. The topological polar surface area (TPSA) is 77.7 Å². The lowest BCUT2D eigenvalue weighted by Crippen LogP contribution is -2.21. The van der Waals surface area contributed by atoms with Gasteiger partial charge in [0.05, 0.1) is 25.4 Å². The van der Waals surface area contributed by atoms with Crippen molar-refractivity contribution in [3.63, 3.8) is 0 Å². The summed E-state index contributed by atoms with van der Waals surface area (Å²) in [7, 11) is 0. The molecule has 0 spiro atoms. The van der Waals surface area contributed by atoms with Gasteiger partial charge in [-0.25, -0.2) is 0 Å². The second-order valence-electron chi connectivity index (χ2n) is 11.6. The van der Waals surface area contributed by atoms with Gasteiger partial charge in [-0.05, 0) is 88.8 Å². The summed E-state index contributed by atoms with van der Waals surface area (Å²) >= 11 is 0. The van der Waals surface area contributed by atoms with E-state index < -0.39 is 0 Å². The van der Waals surface area contributed by atoms with E-state index in [2.05, 4.69) is 33.4 Å². The van der Waals surface area contributed by atoms with Crippen LogP contribution in [0.5, 0.6) is 11.5 Å². The van der Waals surface area contributed by atoms with E-state index in [9.17, 15) is 9.59 Å². The lowest BCUT2D eigenvalue weighted by atomic mass is 9.73. The van der Waals surface area contributed by atoms with Crippen molar-refractivity contribution in [3.8, 4) is 11.5 Å². The number of unbranched alkanes of at least 4 members (excludes halogenated alkanes) is 2. The third-order valence-corrected chi connectivity index (χ3v) is 8.01. The molecule has 0 N–H and O–H groups in total. The summed E-state index contributed by atoms with van der Waals surface area (Å²) in [5.74, 6) is 0.626. The molecule has 0 amide bonds. The van der Waals surface area contributed by atoms with Gasteiger partial charge in [0, 0.05) is 24.3 Å². The Hall–Kier alpha value is -2.44. The molecule has 0 radical (unpaired) electrons. The fourth-order valence-electron chi connectivity index (χ4n) is 5.55. The third kappa shape index (κ3) is 9.32. The van der Waals surface area contributed by atoms with Gasteiger partial charge in [-0.15, -0.1) is 0 Å². The number of epoxide rings is 2. The summed E-state index contributed by atoms with van der Waals surface area (Å²) in [4.78, 5) is 26.1. The Bertz CT molecular complexity index is 995. The van der Waals surface area contributed by atoms with Gasteiger partial charge < -0.3 is 18.9 Å². The Morgan fingerprint density at radius 1 is 0.949 bits per heavy atom. The minimum absolute atomic E-state index is 0.0775. The number of carbonyl (C=O) groups excluding carboxylic acids is 2. The second-order valence-corrected chi connectivity index (χ2v) is 11.6. The van der Waals surface area contributed by atoms with Crippen molar-refractivity contribution < 1.29 is 28.5 Å². The summed E-state index contributed by atoms with van der Waals surface area (Å²) in [6.07, 6.45) is 12.8. The zero-order chi connectivity index (χ0) is 27.8. The Morgan fingerprint density at radius 3 is 2.00 bits per heavy atom. The van der Waals surface area contributed by atoms with Crippen molar-refractivity contribution in [1.29, 1.82) is 0 Å². The average molecular weight is 539 g/mol. The number of ether oxygens (including phenoxy) is 4. The van der Waals surface area contributed by atoms with E-state index >= 15 is 0 Å². The van der Waals surface area contributed by atoms with Crippen LogP contribution in [0.2, 0.25) is 0 Å². The quantitative estimate of drug-likeness (QED) is 0.0718. The van der Waals surface area contributed by atoms with E-state index in [-0.39, 0.29) is 23.8 Å². The first-order valence-corrected chi connectivity index (χ1v) is 15.0. The molecule has 2 fully saturated rings. The van der Waals surface area contributed by atoms with Gasteiger partial charge in [0.2, 0.25) is 0 Å². The van der Waals surface area contributed by atoms with Crippen LogP contribution in [0.1, 0.15) is 108 Å². The van der Waals surface area contributed by atoms with Gasteiger partial charge in [0.25, 0.3) is 0 Å². The number of hydrogen-bond donors (Lipinski definition) is 0. The fourth-order valence-corrected chi connectivity index (χ4v) is 5.55. The van der Waals surface area contributed by atoms with Gasteiger partial charge in [-0.3, -0.25) is 9.59 Å². The molecule has 0 saturated carbocycles. The Labute approximate surface area is 234 Å². The Kier molecular flexibility index (Phi) is 10.8. The Morgan fingerprint density at radius 2 is 1.51 bits per heavy atom. The zero-order valence-corrected chi connectivity index (χ0v) is 24.1. The molecule has 1 aromatic rings. The first-order valence-electron chi connectivity index (χ1n) is 15.0. The van der Waals surface area contributed by atoms with Crippen LogP contribution < -0.4 is 9.47 Å². The molecule has 214 valence electrons. The first kappa shape index (κ1) is 29.5. The predicted molar refractivity (Wildman–Crippen MR) is 152 cm³/mol. The van der Waals surface area contributed by atoms with Crippen molar-refractivity contribution >= 4 is 11.9 Å². The molecule has 0 bridgehead atoms. The van der Waals surface area contributed by atoms with Crippen molar-refractivity contribution in [2.24, 2.45) is 5.92 Å². The molecule has 6 heteroatoms. The minimum Gasteiger partial charge on any atom is -0.426 e. The van der Waals surface area contributed by atoms with Crippen LogP contribution >= 0.6 is 0 Å².